The van der Waals surface area contributed by atoms with Gasteiger partial charge in [0.1, 0.15) is 10.8 Å². The first-order chi connectivity index (χ1) is 13.9. The predicted octanol–water partition coefficient (Wildman–Crippen LogP) is 3.19. The molecule has 12 heteroatoms. The third-order valence-corrected chi connectivity index (χ3v) is 6.66. The highest BCUT2D eigenvalue weighted by atomic mass is 35.5. The highest BCUT2D eigenvalue weighted by Gasteiger charge is 2.32. The Morgan fingerprint density at radius 2 is 1.87 bits per heavy atom. The predicted molar refractivity (Wildman–Crippen MR) is 106 cm³/mol. The van der Waals surface area contributed by atoms with E-state index in [1.54, 1.807) is 17.6 Å². The molecule has 0 aliphatic rings. The van der Waals surface area contributed by atoms with Crippen LogP contribution in [0, 0.1) is 0 Å². The zero-order valence-electron chi connectivity index (χ0n) is 16.2. The molecule has 2 heterocycles. The highest BCUT2D eigenvalue weighted by Crippen LogP contribution is 2.30. The lowest BCUT2D eigenvalue weighted by Crippen LogP contribution is -2.24. The van der Waals surface area contributed by atoms with Crippen molar-refractivity contribution in [1.82, 2.24) is 18.4 Å². The summed E-state index contributed by atoms with van der Waals surface area (Å²) in [6.07, 6.45) is -3.98. The molecule has 162 valence electrons. The number of hydrogen-bond acceptors (Lipinski definition) is 4. The minimum Gasteiger partial charge on any atom is -0.327 e. The molecule has 0 radical (unpaired) electrons. The quantitative estimate of drug-likeness (QED) is 0.583. The second-order valence-corrected chi connectivity index (χ2v) is 9.28. The van der Waals surface area contributed by atoms with Gasteiger partial charge in [-0.25, -0.2) is 17.7 Å². The molecule has 3 rings (SSSR count). The monoisotopic (exact) mass is 462 g/mol. The number of sulfonamides is 1. The summed E-state index contributed by atoms with van der Waals surface area (Å²) in [4.78, 5) is 16.7. The average molecular weight is 463 g/mol. The molecule has 0 saturated heterocycles. The zero-order valence-corrected chi connectivity index (χ0v) is 17.8. The van der Waals surface area contributed by atoms with Gasteiger partial charge in [-0.05, 0) is 31.2 Å². The minimum atomic E-state index is -4.67. The van der Waals surface area contributed by atoms with E-state index in [0.717, 1.165) is 8.87 Å². The molecule has 30 heavy (non-hydrogen) atoms. The standard InChI is InChI=1S/C18H18ClF3N4O3S/c1-4-26-15-6-5-12(30(28,29)24(2)3)8-14(15)23-16(26)10-25-9-11(18(20,21)22)7-13(19)17(25)27/h5-9H,4,10H2,1-3H3. The minimum absolute atomic E-state index is 0.0339. The van der Waals surface area contributed by atoms with Crippen molar-refractivity contribution in [3.05, 3.63) is 57.2 Å². The van der Waals surface area contributed by atoms with Gasteiger partial charge in [-0.3, -0.25) is 4.79 Å². The lowest BCUT2D eigenvalue weighted by molar-refractivity contribution is -0.138. The molecule has 0 fully saturated rings. The maximum Gasteiger partial charge on any atom is 0.417 e. The Kier molecular flexibility index (Phi) is 5.74. The summed E-state index contributed by atoms with van der Waals surface area (Å²) < 4.78 is 67.6. The summed E-state index contributed by atoms with van der Waals surface area (Å²) in [5.41, 5.74) is -0.891. The second-order valence-electron chi connectivity index (χ2n) is 6.72. The van der Waals surface area contributed by atoms with E-state index < -0.39 is 32.3 Å². The maximum atomic E-state index is 13.1. The highest BCUT2D eigenvalue weighted by molar-refractivity contribution is 7.89. The number of nitrogens with zero attached hydrogens (tertiary/aromatic N) is 4. The molecule has 0 spiro atoms. The fourth-order valence-corrected chi connectivity index (χ4v) is 4.18. The van der Waals surface area contributed by atoms with Crippen molar-refractivity contribution in [2.75, 3.05) is 14.1 Å². The SMILES string of the molecule is CCn1c(Cn2cc(C(F)(F)F)cc(Cl)c2=O)nc2cc(S(=O)(=O)N(C)C)ccc21. The lowest BCUT2D eigenvalue weighted by atomic mass is 10.2. The average Bonchev–Trinajstić information content (AvgIpc) is 3.00. The molecule has 0 aliphatic carbocycles. The number of aryl methyl sites for hydroxylation is 1. The Morgan fingerprint density at radius 1 is 1.20 bits per heavy atom. The number of pyridine rings is 1. The summed E-state index contributed by atoms with van der Waals surface area (Å²) in [5, 5.41) is -0.552. The van der Waals surface area contributed by atoms with E-state index in [0.29, 0.717) is 35.7 Å². The normalized spacial score (nSPS) is 12.8. The summed E-state index contributed by atoms with van der Waals surface area (Å²) in [7, 11) is -0.881. The van der Waals surface area contributed by atoms with Crippen LogP contribution >= 0.6 is 11.6 Å². The summed E-state index contributed by atoms with van der Waals surface area (Å²) in [6.45, 7) is 1.95. The van der Waals surface area contributed by atoms with Gasteiger partial charge in [-0.15, -0.1) is 0 Å². The molecule has 7 nitrogen and oxygen atoms in total. The molecule has 0 N–H and O–H groups in total. The Balaban J connectivity index is 2.14. The fourth-order valence-electron chi connectivity index (χ4n) is 3.03. The van der Waals surface area contributed by atoms with Gasteiger partial charge in [0.15, 0.2) is 0 Å². The van der Waals surface area contributed by atoms with Gasteiger partial charge in [0.05, 0.1) is 28.0 Å². The van der Waals surface area contributed by atoms with Gasteiger partial charge < -0.3 is 9.13 Å². The van der Waals surface area contributed by atoms with Crippen LogP contribution < -0.4 is 5.56 Å². The number of rotatable bonds is 5. The lowest BCUT2D eigenvalue weighted by Gasteiger charge is -2.12. The number of halogens is 4. The van der Waals surface area contributed by atoms with E-state index in [-0.39, 0.29) is 11.4 Å². The van der Waals surface area contributed by atoms with Crippen LogP contribution in [-0.4, -0.2) is 40.9 Å². The van der Waals surface area contributed by atoms with Gasteiger partial charge in [0, 0.05) is 26.8 Å². The van der Waals surface area contributed by atoms with E-state index >= 15 is 0 Å². The molecule has 0 bridgehead atoms. The molecule has 1 aromatic carbocycles. The third kappa shape index (κ3) is 3.96. The largest absolute Gasteiger partial charge is 0.417 e. The smallest absolute Gasteiger partial charge is 0.327 e. The van der Waals surface area contributed by atoms with E-state index in [1.807, 2.05) is 0 Å². The van der Waals surface area contributed by atoms with Gasteiger partial charge >= 0.3 is 6.18 Å². The van der Waals surface area contributed by atoms with Crippen LogP contribution in [0.5, 0.6) is 0 Å². The number of imidazole rings is 1. The van der Waals surface area contributed by atoms with Crippen LogP contribution in [0.25, 0.3) is 11.0 Å². The maximum absolute atomic E-state index is 13.1. The van der Waals surface area contributed by atoms with E-state index in [1.165, 1.54) is 26.2 Å². The number of aromatic nitrogens is 3. The number of alkyl halides is 3. The first kappa shape index (κ1) is 22.3. The summed E-state index contributed by atoms with van der Waals surface area (Å²) in [6, 6.07) is 4.99. The van der Waals surface area contributed by atoms with Crippen molar-refractivity contribution in [3.63, 3.8) is 0 Å². The molecule has 3 aromatic rings. The van der Waals surface area contributed by atoms with Crippen molar-refractivity contribution in [3.8, 4) is 0 Å². The van der Waals surface area contributed by atoms with E-state index in [9.17, 15) is 26.4 Å². The Labute approximate surface area is 175 Å². The Bertz CT molecular complexity index is 1280. The molecular formula is C18H18ClF3N4O3S. The van der Waals surface area contributed by atoms with Crippen molar-refractivity contribution in [2.24, 2.45) is 0 Å². The van der Waals surface area contributed by atoms with E-state index in [2.05, 4.69) is 4.98 Å². The third-order valence-electron chi connectivity index (χ3n) is 4.57. The fraction of sp³-hybridized carbons (Fsp3) is 0.333. The molecule has 0 aliphatic heterocycles. The van der Waals surface area contributed by atoms with Gasteiger partial charge in [-0.1, -0.05) is 11.6 Å². The second kappa shape index (κ2) is 7.71. The van der Waals surface area contributed by atoms with Crippen molar-refractivity contribution in [1.29, 1.82) is 0 Å². The topological polar surface area (TPSA) is 77.2 Å². The van der Waals surface area contributed by atoms with Crippen molar-refractivity contribution < 1.29 is 21.6 Å². The van der Waals surface area contributed by atoms with Crippen LogP contribution in [0.4, 0.5) is 13.2 Å². The van der Waals surface area contributed by atoms with Gasteiger partial charge in [0.25, 0.3) is 5.56 Å². The van der Waals surface area contributed by atoms with E-state index in [4.69, 9.17) is 11.6 Å². The zero-order chi connectivity index (χ0) is 22.4. The molecular weight excluding hydrogens is 445 g/mol. The first-order valence-corrected chi connectivity index (χ1v) is 10.6. The van der Waals surface area contributed by atoms with Crippen molar-refractivity contribution in [2.45, 2.75) is 31.1 Å². The Hall–Kier alpha value is -2.37. The van der Waals surface area contributed by atoms with Crippen LogP contribution in [-0.2, 0) is 29.3 Å². The molecule has 0 saturated carbocycles. The van der Waals surface area contributed by atoms with Crippen LogP contribution in [0.2, 0.25) is 5.02 Å². The van der Waals surface area contributed by atoms with Crippen LogP contribution in [0.15, 0.2) is 40.2 Å². The molecule has 0 amide bonds. The van der Waals surface area contributed by atoms with Gasteiger partial charge in [0.2, 0.25) is 10.0 Å². The van der Waals surface area contributed by atoms with Crippen LogP contribution in [0.1, 0.15) is 18.3 Å². The first-order valence-electron chi connectivity index (χ1n) is 8.75. The van der Waals surface area contributed by atoms with Gasteiger partial charge in [-0.2, -0.15) is 13.2 Å². The number of hydrogen-bond donors (Lipinski definition) is 0. The summed E-state index contributed by atoms with van der Waals surface area (Å²) in [5.74, 6) is 0.296. The van der Waals surface area contributed by atoms with Crippen molar-refractivity contribution >= 4 is 32.7 Å². The molecule has 0 unspecified atom stereocenters. The number of fused-ring (bicyclic) bond motifs is 1. The van der Waals surface area contributed by atoms with Crippen LogP contribution in [0.3, 0.4) is 0 Å². The summed E-state index contributed by atoms with van der Waals surface area (Å²) >= 11 is 5.71. The molecule has 2 aromatic heterocycles. The Morgan fingerprint density at radius 3 is 2.43 bits per heavy atom. The molecule has 0 atom stereocenters. The number of benzene rings is 1.